The van der Waals surface area contributed by atoms with Gasteiger partial charge in [-0.05, 0) is 34.7 Å². The summed E-state index contributed by atoms with van der Waals surface area (Å²) >= 11 is 0. The lowest BCUT2D eigenvalue weighted by molar-refractivity contribution is -0.0520. The SMILES string of the molecule is CN1C[C@H](F)CC1(C)COC(C)(C)C. The summed E-state index contributed by atoms with van der Waals surface area (Å²) in [6, 6.07) is 0. The van der Waals surface area contributed by atoms with Gasteiger partial charge in [-0.15, -0.1) is 0 Å². The summed E-state index contributed by atoms with van der Waals surface area (Å²) in [5.74, 6) is 0. The van der Waals surface area contributed by atoms with Crippen LogP contribution in [0.2, 0.25) is 0 Å². The number of rotatable bonds is 2. The molecule has 14 heavy (non-hydrogen) atoms. The lowest BCUT2D eigenvalue weighted by Gasteiger charge is -2.34. The molecule has 1 aliphatic heterocycles. The quantitative estimate of drug-likeness (QED) is 0.682. The molecule has 0 N–H and O–H groups in total. The van der Waals surface area contributed by atoms with E-state index >= 15 is 0 Å². The number of nitrogens with zero attached hydrogens (tertiary/aromatic N) is 1. The van der Waals surface area contributed by atoms with Crippen molar-refractivity contribution < 1.29 is 9.13 Å². The predicted molar refractivity (Wildman–Crippen MR) is 56.3 cm³/mol. The number of halogens is 1. The van der Waals surface area contributed by atoms with Gasteiger partial charge in [0.25, 0.3) is 0 Å². The molecule has 2 atom stereocenters. The lowest BCUT2D eigenvalue weighted by Crippen LogP contribution is -2.44. The van der Waals surface area contributed by atoms with Crippen LogP contribution in [-0.4, -0.2) is 42.4 Å². The molecule has 1 rings (SSSR count). The third-order valence-electron chi connectivity index (χ3n) is 2.87. The van der Waals surface area contributed by atoms with Gasteiger partial charge in [0.15, 0.2) is 0 Å². The van der Waals surface area contributed by atoms with Crippen LogP contribution in [0.15, 0.2) is 0 Å². The minimum Gasteiger partial charge on any atom is -0.374 e. The molecule has 0 aromatic rings. The fraction of sp³-hybridized carbons (Fsp3) is 1.00. The highest BCUT2D eigenvalue weighted by atomic mass is 19.1. The maximum absolute atomic E-state index is 13.2. The maximum Gasteiger partial charge on any atom is 0.115 e. The van der Waals surface area contributed by atoms with Crippen molar-refractivity contribution in [1.82, 2.24) is 4.90 Å². The summed E-state index contributed by atoms with van der Waals surface area (Å²) in [6.07, 6.45) is -0.117. The molecule has 0 saturated carbocycles. The van der Waals surface area contributed by atoms with E-state index in [1.165, 1.54) is 0 Å². The molecular weight excluding hydrogens is 181 g/mol. The Hall–Kier alpha value is -0.150. The first kappa shape index (κ1) is 11.9. The summed E-state index contributed by atoms with van der Waals surface area (Å²) < 4.78 is 18.9. The zero-order valence-corrected chi connectivity index (χ0v) is 9.93. The van der Waals surface area contributed by atoms with E-state index in [1.54, 1.807) is 0 Å². The molecule has 3 heteroatoms. The van der Waals surface area contributed by atoms with E-state index in [4.69, 9.17) is 4.74 Å². The second kappa shape index (κ2) is 3.78. The van der Waals surface area contributed by atoms with Gasteiger partial charge < -0.3 is 4.74 Å². The molecule has 0 amide bonds. The summed E-state index contributed by atoms with van der Waals surface area (Å²) in [4.78, 5) is 2.06. The van der Waals surface area contributed by atoms with Crippen molar-refractivity contribution in [1.29, 1.82) is 0 Å². The van der Waals surface area contributed by atoms with Crippen molar-refractivity contribution in [3.8, 4) is 0 Å². The monoisotopic (exact) mass is 203 g/mol. The van der Waals surface area contributed by atoms with Crippen LogP contribution >= 0.6 is 0 Å². The Bertz CT molecular complexity index is 202. The topological polar surface area (TPSA) is 12.5 Å². The molecular formula is C11H22FNO. The van der Waals surface area contributed by atoms with Crippen LogP contribution in [0.3, 0.4) is 0 Å². The van der Waals surface area contributed by atoms with Gasteiger partial charge in [0.2, 0.25) is 0 Å². The first-order valence-corrected chi connectivity index (χ1v) is 5.22. The molecule has 0 radical (unpaired) electrons. The van der Waals surface area contributed by atoms with E-state index in [-0.39, 0.29) is 11.1 Å². The zero-order chi connectivity index (χ0) is 11.0. The molecule has 1 fully saturated rings. The Morgan fingerprint density at radius 2 is 2.07 bits per heavy atom. The summed E-state index contributed by atoms with van der Waals surface area (Å²) in [6.45, 7) is 9.28. The minimum atomic E-state index is -0.700. The fourth-order valence-electron chi connectivity index (χ4n) is 1.76. The van der Waals surface area contributed by atoms with Crippen molar-refractivity contribution in [3.63, 3.8) is 0 Å². The third kappa shape index (κ3) is 2.92. The highest BCUT2D eigenvalue weighted by Gasteiger charge is 2.40. The van der Waals surface area contributed by atoms with E-state index < -0.39 is 6.17 Å². The van der Waals surface area contributed by atoms with Gasteiger partial charge in [-0.2, -0.15) is 0 Å². The van der Waals surface area contributed by atoms with Gasteiger partial charge in [-0.1, -0.05) is 0 Å². The number of hydrogen-bond donors (Lipinski definition) is 0. The van der Waals surface area contributed by atoms with Gasteiger partial charge in [0.1, 0.15) is 6.17 Å². The first-order valence-electron chi connectivity index (χ1n) is 5.22. The normalized spacial score (nSPS) is 35.1. The summed E-state index contributed by atoms with van der Waals surface area (Å²) in [5.41, 5.74) is -0.273. The van der Waals surface area contributed by atoms with Gasteiger partial charge in [-0.3, -0.25) is 4.90 Å². The highest BCUT2D eigenvalue weighted by Crippen LogP contribution is 2.30. The molecule has 0 bridgehead atoms. The van der Waals surface area contributed by atoms with Crippen LogP contribution in [0.5, 0.6) is 0 Å². The fourth-order valence-corrected chi connectivity index (χ4v) is 1.76. The number of ether oxygens (including phenoxy) is 1. The van der Waals surface area contributed by atoms with Crippen molar-refractivity contribution in [2.45, 2.75) is 51.4 Å². The minimum absolute atomic E-state index is 0.132. The Morgan fingerprint density at radius 3 is 2.43 bits per heavy atom. The molecule has 2 nitrogen and oxygen atoms in total. The van der Waals surface area contributed by atoms with Crippen LogP contribution in [0.4, 0.5) is 4.39 Å². The van der Waals surface area contributed by atoms with Crippen molar-refractivity contribution >= 4 is 0 Å². The van der Waals surface area contributed by atoms with Crippen molar-refractivity contribution in [2.75, 3.05) is 20.2 Å². The van der Waals surface area contributed by atoms with Gasteiger partial charge in [0.05, 0.1) is 12.2 Å². The van der Waals surface area contributed by atoms with Crippen LogP contribution in [0, 0.1) is 0 Å². The van der Waals surface area contributed by atoms with Gasteiger partial charge in [0, 0.05) is 18.5 Å². The largest absolute Gasteiger partial charge is 0.374 e. The molecule has 0 spiro atoms. The lowest BCUT2D eigenvalue weighted by atomic mass is 9.99. The number of likely N-dealkylation sites (tertiary alicyclic amines) is 1. The Labute approximate surface area is 86.4 Å². The predicted octanol–water partition coefficient (Wildman–Crippen LogP) is 2.23. The van der Waals surface area contributed by atoms with Crippen LogP contribution < -0.4 is 0 Å². The molecule has 0 aliphatic carbocycles. The summed E-state index contributed by atoms with van der Waals surface area (Å²) in [7, 11) is 1.96. The average Bonchev–Trinajstić information content (AvgIpc) is 2.22. The molecule has 1 aliphatic rings. The molecule has 1 heterocycles. The standard InChI is InChI=1S/C11H22FNO/c1-10(2,3)14-8-11(4)6-9(12)7-13(11)5/h9H,6-8H2,1-5H3/t9-,11?/m1/s1. The first-order chi connectivity index (χ1) is 6.23. The van der Waals surface area contributed by atoms with E-state index in [0.29, 0.717) is 19.6 Å². The highest BCUT2D eigenvalue weighted by molar-refractivity contribution is 4.95. The van der Waals surface area contributed by atoms with Crippen LogP contribution in [0.25, 0.3) is 0 Å². The Morgan fingerprint density at radius 1 is 1.50 bits per heavy atom. The van der Waals surface area contributed by atoms with E-state index in [9.17, 15) is 4.39 Å². The molecule has 1 saturated heterocycles. The van der Waals surface area contributed by atoms with Gasteiger partial charge >= 0.3 is 0 Å². The Kier molecular flexibility index (Phi) is 3.22. The maximum atomic E-state index is 13.2. The van der Waals surface area contributed by atoms with Crippen molar-refractivity contribution in [2.24, 2.45) is 0 Å². The summed E-state index contributed by atoms with van der Waals surface area (Å²) in [5, 5.41) is 0. The molecule has 84 valence electrons. The number of hydrogen-bond acceptors (Lipinski definition) is 2. The van der Waals surface area contributed by atoms with E-state index in [2.05, 4.69) is 11.8 Å². The van der Waals surface area contributed by atoms with E-state index in [1.807, 2.05) is 27.8 Å². The second-order valence-electron chi connectivity index (χ2n) is 5.58. The second-order valence-corrected chi connectivity index (χ2v) is 5.58. The zero-order valence-electron chi connectivity index (χ0n) is 9.93. The van der Waals surface area contributed by atoms with E-state index in [0.717, 1.165) is 0 Å². The van der Waals surface area contributed by atoms with Crippen molar-refractivity contribution in [3.05, 3.63) is 0 Å². The van der Waals surface area contributed by atoms with Gasteiger partial charge in [-0.25, -0.2) is 4.39 Å². The molecule has 1 unspecified atom stereocenters. The molecule has 0 aromatic heterocycles. The third-order valence-corrected chi connectivity index (χ3v) is 2.87. The number of likely N-dealkylation sites (N-methyl/N-ethyl adjacent to an activating group) is 1. The average molecular weight is 203 g/mol. The molecule has 0 aromatic carbocycles. The number of alkyl halides is 1. The van der Waals surface area contributed by atoms with Crippen LogP contribution in [-0.2, 0) is 4.74 Å². The van der Waals surface area contributed by atoms with Crippen LogP contribution in [0.1, 0.15) is 34.1 Å². The Balaban J connectivity index is 2.50. The smallest absolute Gasteiger partial charge is 0.115 e.